The van der Waals surface area contributed by atoms with Crippen molar-refractivity contribution in [2.45, 2.75) is 19.9 Å². The summed E-state index contributed by atoms with van der Waals surface area (Å²) in [7, 11) is 1.61. The van der Waals surface area contributed by atoms with Gasteiger partial charge in [0.05, 0.1) is 7.11 Å². The Morgan fingerprint density at radius 2 is 1.58 bits per heavy atom. The summed E-state index contributed by atoms with van der Waals surface area (Å²) in [6.45, 7) is 2.37. The summed E-state index contributed by atoms with van der Waals surface area (Å²) in [4.78, 5) is 24.4. The van der Waals surface area contributed by atoms with Crippen LogP contribution in [0, 0.1) is 0 Å². The fourth-order valence-corrected chi connectivity index (χ4v) is 2.92. The topological polar surface area (TPSA) is 76.7 Å². The van der Waals surface area contributed by atoms with Crippen molar-refractivity contribution < 1.29 is 19.1 Å². The molecule has 0 bridgehead atoms. The molecule has 0 saturated carbocycles. The van der Waals surface area contributed by atoms with Gasteiger partial charge >= 0.3 is 0 Å². The Morgan fingerprint density at radius 3 is 2.26 bits per heavy atom. The first-order chi connectivity index (χ1) is 15.1. The van der Waals surface area contributed by atoms with Crippen LogP contribution in [-0.2, 0) is 17.8 Å². The van der Waals surface area contributed by atoms with Gasteiger partial charge in [0, 0.05) is 17.8 Å². The predicted octanol–water partition coefficient (Wildman–Crippen LogP) is 4.21. The van der Waals surface area contributed by atoms with E-state index in [2.05, 4.69) is 17.6 Å². The fraction of sp³-hybridized carbons (Fsp3) is 0.200. The summed E-state index contributed by atoms with van der Waals surface area (Å²) in [5, 5.41) is 5.69. The van der Waals surface area contributed by atoms with E-state index >= 15 is 0 Å². The van der Waals surface area contributed by atoms with Crippen molar-refractivity contribution in [1.82, 2.24) is 5.32 Å². The lowest BCUT2D eigenvalue weighted by Crippen LogP contribution is -2.28. The Balaban J connectivity index is 1.46. The number of hydrogen-bond acceptors (Lipinski definition) is 4. The lowest BCUT2D eigenvalue weighted by molar-refractivity contribution is -0.123. The molecule has 0 aliphatic carbocycles. The van der Waals surface area contributed by atoms with E-state index < -0.39 is 0 Å². The minimum absolute atomic E-state index is 0.106. The molecule has 2 N–H and O–H groups in total. The van der Waals surface area contributed by atoms with E-state index in [9.17, 15) is 9.59 Å². The van der Waals surface area contributed by atoms with Gasteiger partial charge in [0.25, 0.3) is 11.8 Å². The van der Waals surface area contributed by atoms with Crippen molar-refractivity contribution >= 4 is 17.5 Å². The summed E-state index contributed by atoms with van der Waals surface area (Å²) >= 11 is 0. The summed E-state index contributed by atoms with van der Waals surface area (Å²) in [5.74, 6) is 0.861. The van der Waals surface area contributed by atoms with Crippen molar-refractivity contribution in [3.63, 3.8) is 0 Å². The average molecular weight is 418 g/mol. The van der Waals surface area contributed by atoms with Crippen LogP contribution in [-0.4, -0.2) is 25.5 Å². The summed E-state index contributed by atoms with van der Waals surface area (Å²) in [6.07, 6.45) is 0.906. The highest BCUT2D eigenvalue weighted by Crippen LogP contribution is 2.16. The molecule has 0 saturated heterocycles. The van der Waals surface area contributed by atoms with Crippen LogP contribution in [0.3, 0.4) is 0 Å². The largest absolute Gasteiger partial charge is 0.497 e. The van der Waals surface area contributed by atoms with Crippen LogP contribution in [0.5, 0.6) is 11.5 Å². The van der Waals surface area contributed by atoms with Crippen LogP contribution in [0.4, 0.5) is 5.69 Å². The zero-order valence-electron chi connectivity index (χ0n) is 17.7. The first kappa shape index (κ1) is 21.9. The number of benzene rings is 3. The Kier molecular flexibility index (Phi) is 7.65. The van der Waals surface area contributed by atoms with Crippen LogP contribution in [0.15, 0.2) is 72.8 Å². The van der Waals surface area contributed by atoms with E-state index in [1.165, 1.54) is 0 Å². The van der Waals surface area contributed by atoms with E-state index in [4.69, 9.17) is 9.47 Å². The number of anilines is 1. The molecule has 0 aromatic heterocycles. The van der Waals surface area contributed by atoms with Crippen LogP contribution < -0.4 is 20.1 Å². The molecule has 2 amide bonds. The highest BCUT2D eigenvalue weighted by Gasteiger charge is 2.08. The van der Waals surface area contributed by atoms with Gasteiger partial charge in [-0.3, -0.25) is 9.59 Å². The highest BCUT2D eigenvalue weighted by molar-refractivity contribution is 6.04. The standard InChI is InChI=1S/C25H26N2O4/c1-3-18-5-4-6-21(15-18)27-25(29)20-9-13-23(14-10-20)31-17-24(28)26-16-19-7-11-22(30-2)12-8-19/h4-15H,3,16-17H2,1-2H3,(H,26,28)(H,27,29). The zero-order chi connectivity index (χ0) is 22.1. The van der Waals surface area contributed by atoms with Crippen LogP contribution >= 0.6 is 0 Å². The van der Waals surface area contributed by atoms with Gasteiger partial charge in [-0.15, -0.1) is 0 Å². The maximum Gasteiger partial charge on any atom is 0.258 e. The fourth-order valence-electron chi connectivity index (χ4n) is 2.92. The number of carbonyl (C=O) groups is 2. The monoisotopic (exact) mass is 418 g/mol. The van der Waals surface area contributed by atoms with E-state index in [-0.39, 0.29) is 18.4 Å². The molecular formula is C25H26N2O4. The molecule has 0 radical (unpaired) electrons. The third kappa shape index (κ3) is 6.60. The molecular weight excluding hydrogens is 392 g/mol. The number of methoxy groups -OCH3 is 1. The van der Waals surface area contributed by atoms with Crippen molar-refractivity contribution in [3.05, 3.63) is 89.5 Å². The Morgan fingerprint density at radius 1 is 0.871 bits per heavy atom. The number of ether oxygens (including phenoxy) is 2. The number of amides is 2. The molecule has 0 spiro atoms. The second-order valence-corrected chi connectivity index (χ2v) is 6.95. The number of aryl methyl sites for hydroxylation is 1. The average Bonchev–Trinajstić information content (AvgIpc) is 2.82. The molecule has 0 heterocycles. The molecule has 3 aromatic carbocycles. The maximum absolute atomic E-state index is 12.4. The number of hydrogen-bond donors (Lipinski definition) is 2. The van der Waals surface area contributed by atoms with E-state index in [1.54, 1.807) is 31.4 Å². The summed E-state index contributed by atoms with van der Waals surface area (Å²) in [6, 6.07) is 21.9. The third-order valence-corrected chi connectivity index (χ3v) is 4.73. The van der Waals surface area contributed by atoms with Crippen LogP contribution in [0.1, 0.15) is 28.4 Å². The van der Waals surface area contributed by atoms with Gasteiger partial charge < -0.3 is 20.1 Å². The second-order valence-electron chi connectivity index (χ2n) is 6.95. The van der Waals surface area contributed by atoms with Gasteiger partial charge in [0.15, 0.2) is 6.61 Å². The van der Waals surface area contributed by atoms with Gasteiger partial charge in [0.2, 0.25) is 0 Å². The Hall–Kier alpha value is -3.80. The van der Waals surface area contributed by atoms with Crippen molar-refractivity contribution in [3.8, 4) is 11.5 Å². The molecule has 3 rings (SSSR count). The number of rotatable bonds is 9. The highest BCUT2D eigenvalue weighted by atomic mass is 16.5. The lowest BCUT2D eigenvalue weighted by atomic mass is 10.1. The van der Waals surface area contributed by atoms with Gasteiger partial charge in [-0.05, 0) is 66.1 Å². The molecule has 0 unspecified atom stereocenters. The summed E-state index contributed by atoms with van der Waals surface area (Å²) in [5.41, 5.74) is 3.40. The normalized spacial score (nSPS) is 10.3. The van der Waals surface area contributed by atoms with Crippen molar-refractivity contribution in [1.29, 1.82) is 0 Å². The maximum atomic E-state index is 12.4. The van der Waals surface area contributed by atoms with E-state index in [1.807, 2.05) is 48.5 Å². The molecule has 3 aromatic rings. The van der Waals surface area contributed by atoms with Crippen LogP contribution in [0.2, 0.25) is 0 Å². The number of nitrogens with one attached hydrogen (secondary N) is 2. The minimum atomic E-state index is -0.228. The number of carbonyl (C=O) groups excluding carboxylic acids is 2. The molecule has 0 aliphatic heterocycles. The quantitative estimate of drug-likeness (QED) is 0.546. The lowest BCUT2D eigenvalue weighted by Gasteiger charge is -2.09. The van der Waals surface area contributed by atoms with Gasteiger partial charge in [0.1, 0.15) is 11.5 Å². The van der Waals surface area contributed by atoms with Gasteiger partial charge in [-0.2, -0.15) is 0 Å². The molecule has 0 atom stereocenters. The van der Waals surface area contributed by atoms with E-state index in [0.29, 0.717) is 17.9 Å². The zero-order valence-corrected chi connectivity index (χ0v) is 17.7. The SMILES string of the molecule is CCc1cccc(NC(=O)c2ccc(OCC(=O)NCc3ccc(OC)cc3)cc2)c1. The third-order valence-electron chi connectivity index (χ3n) is 4.73. The summed E-state index contributed by atoms with van der Waals surface area (Å²) < 4.78 is 10.6. The smallest absolute Gasteiger partial charge is 0.258 e. The molecule has 0 fully saturated rings. The molecule has 6 heteroatoms. The first-order valence-corrected chi connectivity index (χ1v) is 10.1. The second kappa shape index (κ2) is 10.8. The van der Waals surface area contributed by atoms with Gasteiger partial charge in [-0.25, -0.2) is 0 Å². The van der Waals surface area contributed by atoms with E-state index in [0.717, 1.165) is 29.0 Å². The molecule has 6 nitrogen and oxygen atoms in total. The van der Waals surface area contributed by atoms with Gasteiger partial charge in [-0.1, -0.05) is 31.2 Å². The van der Waals surface area contributed by atoms with Crippen LogP contribution in [0.25, 0.3) is 0 Å². The predicted molar refractivity (Wildman–Crippen MR) is 121 cm³/mol. The molecule has 160 valence electrons. The van der Waals surface area contributed by atoms with Crippen molar-refractivity contribution in [2.75, 3.05) is 19.0 Å². The Bertz CT molecular complexity index is 1010. The minimum Gasteiger partial charge on any atom is -0.497 e. The molecule has 0 aliphatic rings. The van der Waals surface area contributed by atoms with Crippen molar-refractivity contribution in [2.24, 2.45) is 0 Å². The first-order valence-electron chi connectivity index (χ1n) is 10.1. The Labute approximate surface area is 182 Å². The molecule has 31 heavy (non-hydrogen) atoms.